The van der Waals surface area contributed by atoms with Crippen molar-refractivity contribution >= 4 is 54.9 Å². The van der Waals surface area contributed by atoms with Gasteiger partial charge in [0.15, 0.2) is 0 Å². The predicted octanol–water partition coefficient (Wildman–Crippen LogP) is 12.2. The van der Waals surface area contributed by atoms with Crippen molar-refractivity contribution in [2.45, 2.75) is 5.41 Å². The van der Waals surface area contributed by atoms with Crippen LogP contribution in [0.2, 0.25) is 0 Å². The number of furan rings is 1. The zero-order valence-electron chi connectivity index (χ0n) is 24.7. The summed E-state index contributed by atoms with van der Waals surface area (Å²) in [5.41, 5.74) is 14.8. The number of nitrogens with zero attached hydrogens (tertiary/aromatic N) is 1. The highest BCUT2D eigenvalue weighted by atomic mass is 79.9. The number of benzene rings is 7. The van der Waals surface area contributed by atoms with Gasteiger partial charge < -0.3 is 9.32 Å². The topological polar surface area (TPSA) is 16.4 Å². The Morgan fingerprint density at radius 2 is 0.978 bits per heavy atom. The highest BCUT2D eigenvalue weighted by Gasteiger charge is 2.52. The van der Waals surface area contributed by atoms with E-state index in [-0.39, 0.29) is 0 Å². The third kappa shape index (κ3) is 3.25. The molecule has 1 aliphatic heterocycles. The van der Waals surface area contributed by atoms with Crippen molar-refractivity contribution in [1.29, 1.82) is 0 Å². The maximum Gasteiger partial charge on any atom is 0.149 e. The molecule has 0 saturated carbocycles. The van der Waals surface area contributed by atoms with Gasteiger partial charge in [-0.05, 0) is 85.2 Å². The minimum absolute atomic E-state index is 0.495. The van der Waals surface area contributed by atoms with Crippen LogP contribution < -0.4 is 4.90 Å². The number of rotatable bonds is 2. The van der Waals surface area contributed by atoms with Crippen LogP contribution in [0.5, 0.6) is 0 Å². The average molecular weight is 653 g/mol. The van der Waals surface area contributed by atoms with Gasteiger partial charge in [0.1, 0.15) is 11.2 Å². The van der Waals surface area contributed by atoms with Gasteiger partial charge in [0.2, 0.25) is 0 Å². The smallest absolute Gasteiger partial charge is 0.149 e. The highest BCUT2D eigenvalue weighted by Crippen LogP contribution is 2.64. The maximum absolute atomic E-state index is 6.68. The molecule has 0 atom stereocenters. The first kappa shape index (κ1) is 25.9. The van der Waals surface area contributed by atoms with Crippen LogP contribution in [0.15, 0.2) is 167 Å². The maximum atomic E-state index is 6.68. The first-order chi connectivity index (χ1) is 22.8. The largest absolute Gasteiger partial charge is 0.454 e. The standard InChI is InChI=1S/C43H26BrNO/c44-37-24-12-19-31-30-18-10-17-29(41(30)46-42(31)37)28-16-11-23-36-40(28)32-15-4-5-20-33(32)43(36)34-21-6-8-25-38(34)45(27-13-2-1-3-14-27)39-26-9-7-22-35(39)43/h1-26H. The van der Waals surface area contributed by atoms with E-state index in [1.165, 1.54) is 50.3 Å². The molecular formula is C43H26BrNO. The van der Waals surface area contributed by atoms with Crippen LogP contribution in [0, 0.1) is 0 Å². The summed E-state index contributed by atoms with van der Waals surface area (Å²) in [6.45, 7) is 0. The summed E-state index contributed by atoms with van der Waals surface area (Å²) in [7, 11) is 0. The summed E-state index contributed by atoms with van der Waals surface area (Å²) in [5.74, 6) is 0. The number of para-hydroxylation sites is 5. The fourth-order valence-corrected chi connectivity index (χ4v) is 8.68. The van der Waals surface area contributed by atoms with E-state index < -0.39 is 5.41 Å². The second-order valence-electron chi connectivity index (χ2n) is 12.1. The molecular weight excluding hydrogens is 626 g/mol. The van der Waals surface area contributed by atoms with Crippen LogP contribution >= 0.6 is 15.9 Å². The van der Waals surface area contributed by atoms with Gasteiger partial charge in [0, 0.05) is 22.0 Å². The molecule has 0 amide bonds. The first-order valence-corrected chi connectivity index (χ1v) is 16.4. The number of hydrogen-bond acceptors (Lipinski definition) is 2. The Kier molecular flexibility index (Phi) is 5.38. The van der Waals surface area contributed by atoms with Crippen molar-refractivity contribution in [2.24, 2.45) is 0 Å². The molecule has 2 heterocycles. The van der Waals surface area contributed by atoms with Crippen molar-refractivity contribution in [3.8, 4) is 22.3 Å². The molecule has 0 fully saturated rings. The van der Waals surface area contributed by atoms with E-state index in [2.05, 4.69) is 172 Å². The van der Waals surface area contributed by atoms with E-state index in [0.29, 0.717) is 0 Å². The summed E-state index contributed by atoms with van der Waals surface area (Å²) in [4.78, 5) is 2.42. The van der Waals surface area contributed by atoms with E-state index in [1.54, 1.807) is 0 Å². The van der Waals surface area contributed by atoms with E-state index in [1.807, 2.05) is 6.07 Å². The molecule has 2 aliphatic rings. The van der Waals surface area contributed by atoms with Gasteiger partial charge in [-0.2, -0.15) is 0 Å². The van der Waals surface area contributed by atoms with Gasteiger partial charge in [-0.25, -0.2) is 0 Å². The zero-order valence-corrected chi connectivity index (χ0v) is 26.3. The Balaban J connectivity index is 1.33. The minimum Gasteiger partial charge on any atom is -0.454 e. The van der Waals surface area contributed by atoms with Gasteiger partial charge in [0.25, 0.3) is 0 Å². The monoisotopic (exact) mass is 651 g/mol. The van der Waals surface area contributed by atoms with Crippen molar-refractivity contribution in [3.05, 3.63) is 184 Å². The normalized spacial score (nSPS) is 13.9. The summed E-state index contributed by atoms with van der Waals surface area (Å²) in [6, 6.07) is 57.3. The third-order valence-corrected chi connectivity index (χ3v) is 10.6. The second kappa shape index (κ2) is 9.56. The SMILES string of the molecule is Brc1cccc2c1oc1c(-c3cccc4c3-c3ccccc3C43c4ccccc4N(c4ccccc4)c4ccccc43)cccc12. The predicted molar refractivity (Wildman–Crippen MR) is 192 cm³/mol. The first-order valence-electron chi connectivity index (χ1n) is 15.6. The second-order valence-corrected chi connectivity index (χ2v) is 13.0. The Labute approximate surface area is 275 Å². The van der Waals surface area contributed by atoms with Crippen LogP contribution in [0.1, 0.15) is 22.3 Å². The molecule has 3 heteroatoms. The molecule has 0 unspecified atom stereocenters. The fraction of sp³-hybridized carbons (Fsp3) is 0.0233. The Hall–Kier alpha value is -5.38. The average Bonchev–Trinajstić information content (AvgIpc) is 3.65. The van der Waals surface area contributed by atoms with Crippen molar-refractivity contribution in [1.82, 2.24) is 0 Å². The Bertz CT molecular complexity index is 2460. The molecule has 1 spiro atoms. The number of fused-ring (bicyclic) bond motifs is 12. The van der Waals surface area contributed by atoms with E-state index in [4.69, 9.17) is 4.42 Å². The van der Waals surface area contributed by atoms with Gasteiger partial charge in [0.05, 0.1) is 21.3 Å². The van der Waals surface area contributed by atoms with Gasteiger partial charge in [-0.1, -0.05) is 127 Å². The lowest BCUT2D eigenvalue weighted by molar-refractivity contribution is 0.668. The molecule has 7 aromatic carbocycles. The van der Waals surface area contributed by atoms with E-state index in [0.717, 1.165) is 37.7 Å². The Morgan fingerprint density at radius 1 is 0.435 bits per heavy atom. The lowest BCUT2D eigenvalue weighted by atomic mass is 9.64. The minimum atomic E-state index is -0.495. The third-order valence-electron chi connectivity index (χ3n) is 9.95. The van der Waals surface area contributed by atoms with Crippen molar-refractivity contribution in [2.75, 3.05) is 4.90 Å². The fourth-order valence-electron chi connectivity index (χ4n) is 8.23. The summed E-state index contributed by atoms with van der Waals surface area (Å²) in [5, 5.41) is 2.24. The summed E-state index contributed by atoms with van der Waals surface area (Å²) < 4.78 is 7.64. The van der Waals surface area contributed by atoms with E-state index >= 15 is 0 Å². The molecule has 8 aromatic rings. The van der Waals surface area contributed by atoms with Crippen LogP contribution in [-0.4, -0.2) is 0 Å². The number of hydrogen-bond donors (Lipinski definition) is 0. The van der Waals surface area contributed by atoms with Crippen LogP contribution in [0.3, 0.4) is 0 Å². The van der Waals surface area contributed by atoms with Crippen LogP contribution in [0.4, 0.5) is 17.1 Å². The van der Waals surface area contributed by atoms with Crippen molar-refractivity contribution < 1.29 is 4.42 Å². The molecule has 1 aromatic heterocycles. The molecule has 0 N–H and O–H groups in total. The molecule has 216 valence electrons. The summed E-state index contributed by atoms with van der Waals surface area (Å²) >= 11 is 3.73. The van der Waals surface area contributed by atoms with E-state index in [9.17, 15) is 0 Å². The molecule has 2 nitrogen and oxygen atoms in total. The molecule has 0 saturated heterocycles. The van der Waals surface area contributed by atoms with Gasteiger partial charge in [-0.3, -0.25) is 0 Å². The highest BCUT2D eigenvalue weighted by molar-refractivity contribution is 9.10. The molecule has 0 radical (unpaired) electrons. The lowest BCUT2D eigenvalue weighted by Gasteiger charge is -2.45. The van der Waals surface area contributed by atoms with Crippen molar-refractivity contribution in [3.63, 3.8) is 0 Å². The molecule has 0 bridgehead atoms. The molecule has 10 rings (SSSR count). The quantitative estimate of drug-likeness (QED) is 0.185. The van der Waals surface area contributed by atoms with Crippen LogP contribution in [-0.2, 0) is 5.41 Å². The van der Waals surface area contributed by atoms with Gasteiger partial charge >= 0.3 is 0 Å². The van der Waals surface area contributed by atoms with Gasteiger partial charge in [-0.15, -0.1) is 0 Å². The summed E-state index contributed by atoms with van der Waals surface area (Å²) in [6.07, 6.45) is 0. The van der Waals surface area contributed by atoms with Crippen LogP contribution in [0.25, 0.3) is 44.2 Å². The number of halogens is 1. The Morgan fingerprint density at radius 3 is 1.74 bits per heavy atom. The number of anilines is 3. The molecule has 46 heavy (non-hydrogen) atoms. The lowest BCUT2D eigenvalue weighted by Crippen LogP contribution is -2.36. The zero-order chi connectivity index (χ0) is 30.4. The molecule has 1 aliphatic carbocycles.